The van der Waals surface area contributed by atoms with Crippen molar-refractivity contribution in [2.75, 3.05) is 0 Å². The van der Waals surface area contributed by atoms with Crippen molar-refractivity contribution in [3.05, 3.63) is 27.4 Å². The first-order chi connectivity index (χ1) is 9.85. The molecule has 3 rings (SSSR count). The molecule has 2 aliphatic carbocycles. The summed E-state index contributed by atoms with van der Waals surface area (Å²) in [5.74, 6) is -0.762. The van der Waals surface area contributed by atoms with Crippen molar-refractivity contribution in [1.82, 2.24) is 9.55 Å². The summed E-state index contributed by atoms with van der Waals surface area (Å²) in [7, 11) is 0. The third-order valence-corrected chi connectivity index (χ3v) is 5.29. The van der Waals surface area contributed by atoms with Crippen LogP contribution in [0.1, 0.15) is 55.5 Å². The molecule has 2 saturated carbocycles. The monoisotopic (exact) mass is 290 g/mol. The quantitative estimate of drug-likeness (QED) is 0.902. The second-order valence-corrected chi connectivity index (χ2v) is 6.76. The summed E-state index contributed by atoms with van der Waals surface area (Å²) in [6.07, 6.45) is 4.90. The van der Waals surface area contributed by atoms with Crippen molar-refractivity contribution in [2.45, 2.75) is 58.9 Å². The molecule has 5 heteroatoms. The first-order valence-corrected chi connectivity index (χ1v) is 7.66. The molecule has 0 aliphatic heterocycles. The second kappa shape index (κ2) is 4.68. The Balaban J connectivity index is 2.02. The lowest BCUT2D eigenvalue weighted by atomic mass is 9.96. The highest BCUT2D eigenvalue weighted by Crippen LogP contribution is 2.62. The van der Waals surface area contributed by atoms with Gasteiger partial charge in [0.25, 0.3) is 0 Å². The van der Waals surface area contributed by atoms with Crippen LogP contribution in [0, 0.1) is 25.2 Å². The number of carboxylic acid groups (broad SMARTS) is 1. The second-order valence-electron chi connectivity index (χ2n) is 6.76. The van der Waals surface area contributed by atoms with Crippen molar-refractivity contribution >= 4 is 5.97 Å². The normalized spacial score (nSPS) is 21.1. The van der Waals surface area contributed by atoms with Gasteiger partial charge < -0.3 is 5.11 Å². The minimum absolute atomic E-state index is 0.238. The first-order valence-electron chi connectivity index (χ1n) is 7.66. The Bertz CT molecular complexity index is 654. The Morgan fingerprint density at radius 3 is 2.52 bits per heavy atom. The standard InChI is InChI=1S/C16H22N2O3/c1-9(14(19)20)13-10(2)17-15(21)18(11(13)3)8-16(6-7-16)12-4-5-12/h9,12H,4-8H2,1-3H3,(H,19,20). The molecule has 1 heterocycles. The highest BCUT2D eigenvalue weighted by molar-refractivity contribution is 5.76. The van der Waals surface area contributed by atoms with E-state index in [2.05, 4.69) is 4.98 Å². The van der Waals surface area contributed by atoms with Gasteiger partial charge in [-0.1, -0.05) is 0 Å². The Kier molecular flexibility index (Phi) is 3.19. The van der Waals surface area contributed by atoms with E-state index >= 15 is 0 Å². The highest BCUT2D eigenvalue weighted by atomic mass is 16.4. The van der Waals surface area contributed by atoms with Gasteiger partial charge in [-0.3, -0.25) is 9.36 Å². The molecular weight excluding hydrogens is 268 g/mol. The van der Waals surface area contributed by atoms with Crippen molar-refractivity contribution in [3.8, 4) is 0 Å². The summed E-state index contributed by atoms with van der Waals surface area (Å²) in [6.45, 7) is 5.94. The lowest BCUT2D eigenvalue weighted by Crippen LogP contribution is -2.32. The fourth-order valence-electron chi connectivity index (χ4n) is 3.62. The molecule has 2 aliphatic rings. The highest BCUT2D eigenvalue weighted by Gasteiger charge is 2.54. The van der Waals surface area contributed by atoms with Gasteiger partial charge in [-0.05, 0) is 57.8 Å². The minimum Gasteiger partial charge on any atom is -0.481 e. The van der Waals surface area contributed by atoms with Gasteiger partial charge in [-0.15, -0.1) is 0 Å². The van der Waals surface area contributed by atoms with E-state index in [4.69, 9.17) is 0 Å². The van der Waals surface area contributed by atoms with E-state index in [0.29, 0.717) is 17.8 Å². The summed E-state index contributed by atoms with van der Waals surface area (Å²) in [5, 5.41) is 9.27. The van der Waals surface area contributed by atoms with Crippen molar-refractivity contribution < 1.29 is 9.90 Å². The van der Waals surface area contributed by atoms with Gasteiger partial charge >= 0.3 is 11.7 Å². The van der Waals surface area contributed by atoms with Gasteiger partial charge in [0.05, 0.1) is 5.92 Å². The summed E-state index contributed by atoms with van der Waals surface area (Å²) >= 11 is 0. The number of carboxylic acids is 1. The van der Waals surface area contributed by atoms with Crippen molar-refractivity contribution in [1.29, 1.82) is 0 Å². The van der Waals surface area contributed by atoms with E-state index in [1.54, 1.807) is 18.4 Å². The Labute approximate surface area is 124 Å². The average Bonchev–Trinajstić information content (AvgIpc) is 3.25. The minimum atomic E-state index is -0.878. The van der Waals surface area contributed by atoms with Gasteiger partial charge in [0.1, 0.15) is 0 Å². The number of hydrogen-bond donors (Lipinski definition) is 1. The predicted octanol–water partition coefficient (Wildman–Crippen LogP) is 2.24. The van der Waals surface area contributed by atoms with E-state index < -0.39 is 11.9 Å². The molecule has 0 spiro atoms. The van der Waals surface area contributed by atoms with Crippen LogP contribution in [-0.4, -0.2) is 20.6 Å². The fourth-order valence-corrected chi connectivity index (χ4v) is 3.62. The number of hydrogen-bond acceptors (Lipinski definition) is 3. The number of aliphatic carboxylic acids is 1. The molecule has 114 valence electrons. The average molecular weight is 290 g/mol. The molecule has 0 aromatic carbocycles. The molecular formula is C16H22N2O3. The van der Waals surface area contributed by atoms with Crippen LogP contribution in [0.3, 0.4) is 0 Å². The number of carbonyl (C=O) groups is 1. The zero-order valence-corrected chi connectivity index (χ0v) is 12.8. The van der Waals surface area contributed by atoms with Gasteiger partial charge in [0, 0.05) is 23.5 Å². The predicted molar refractivity (Wildman–Crippen MR) is 78.4 cm³/mol. The largest absolute Gasteiger partial charge is 0.481 e. The van der Waals surface area contributed by atoms with E-state index in [-0.39, 0.29) is 11.1 Å². The maximum Gasteiger partial charge on any atom is 0.347 e. The van der Waals surface area contributed by atoms with Crippen LogP contribution in [0.15, 0.2) is 4.79 Å². The Morgan fingerprint density at radius 2 is 2.05 bits per heavy atom. The summed E-state index contributed by atoms with van der Waals surface area (Å²) in [5.41, 5.74) is 2.05. The zero-order valence-electron chi connectivity index (χ0n) is 12.8. The molecule has 0 amide bonds. The van der Waals surface area contributed by atoms with E-state index in [9.17, 15) is 14.7 Å². The molecule has 5 nitrogen and oxygen atoms in total. The number of aromatic nitrogens is 2. The fraction of sp³-hybridized carbons (Fsp3) is 0.688. The first kappa shape index (κ1) is 14.3. The molecule has 0 bridgehead atoms. The smallest absolute Gasteiger partial charge is 0.347 e. The van der Waals surface area contributed by atoms with Crippen LogP contribution < -0.4 is 5.69 Å². The van der Waals surface area contributed by atoms with Crippen molar-refractivity contribution in [3.63, 3.8) is 0 Å². The van der Waals surface area contributed by atoms with Gasteiger partial charge in [-0.25, -0.2) is 4.79 Å². The lowest BCUT2D eigenvalue weighted by molar-refractivity contribution is -0.138. The summed E-state index contributed by atoms with van der Waals surface area (Å²) < 4.78 is 1.72. The SMILES string of the molecule is Cc1nc(=O)n(CC2(C3CC3)CC2)c(C)c1C(C)C(=O)O. The van der Waals surface area contributed by atoms with Gasteiger partial charge in [0.2, 0.25) is 0 Å². The Hall–Kier alpha value is -1.65. The van der Waals surface area contributed by atoms with Crippen LogP contribution in [0.4, 0.5) is 0 Å². The van der Waals surface area contributed by atoms with E-state index in [1.165, 1.54) is 25.7 Å². The van der Waals surface area contributed by atoms with Crippen molar-refractivity contribution in [2.24, 2.45) is 11.3 Å². The number of aryl methyl sites for hydroxylation is 1. The van der Waals surface area contributed by atoms with Gasteiger partial charge in [0.15, 0.2) is 0 Å². The topological polar surface area (TPSA) is 72.2 Å². The molecule has 1 unspecified atom stereocenters. The molecule has 0 saturated heterocycles. The van der Waals surface area contributed by atoms with E-state index in [0.717, 1.165) is 11.6 Å². The third kappa shape index (κ3) is 2.39. The summed E-state index contributed by atoms with van der Waals surface area (Å²) in [4.78, 5) is 27.6. The summed E-state index contributed by atoms with van der Waals surface area (Å²) in [6, 6.07) is 0. The molecule has 1 aromatic heterocycles. The van der Waals surface area contributed by atoms with Crippen LogP contribution in [-0.2, 0) is 11.3 Å². The van der Waals surface area contributed by atoms with E-state index in [1.807, 2.05) is 6.92 Å². The molecule has 2 fully saturated rings. The lowest BCUT2D eigenvalue weighted by Gasteiger charge is -2.22. The van der Waals surface area contributed by atoms with Gasteiger partial charge in [-0.2, -0.15) is 4.98 Å². The van der Waals surface area contributed by atoms with Crippen LogP contribution >= 0.6 is 0 Å². The van der Waals surface area contributed by atoms with Crippen LogP contribution in [0.25, 0.3) is 0 Å². The number of rotatable bonds is 5. The maximum absolute atomic E-state index is 12.3. The molecule has 21 heavy (non-hydrogen) atoms. The molecule has 1 N–H and O–H groups in total. The third-order valence-electron chi connectivity index (χ3n) is 5.29. The number of nitrogens with zero attached hydrogens (tertiary/aromatic N) is 2. The zero-order chi connectivity index (χ0) is 15.4. The molecule has 1 atom stereocenters. The molecule has 0 radical (unpaired) electrons. The maximum atomic E-state index is 12.3. The van der Waals surface area contributed by atoms with Crippen LogP contribution in [0.2, 0.25) is 0 Å². The van der Waals surface area contributed by atoms with Crippen LogP contribution in [0.5, 0.6) is 0 Å². The Morgan fingerprint density at radius 1 is 1.43 bits per heavy atom. The molecule has 1 aromatic rings.